The second-order valence-electron chi connectivity index (χ2n) is 6.73. The van der Waals surface area contributed by atoms with E-state index >= 15 is 0 Å². The summed E-state index contributed by atoms with van der Waals surface area (Å²) in [5.74, 6) is -0.728. The number of aliphatic hydroxyl groups is 1. The Hall–Kier alpha value is -1.79. The molecule has 2 aliphatic rings. The van der Waals surface area contributed by atoms with Crippen LogP contribution in [0.3, 0.4) is 0 Å². The molecule has 0 radical (unpaired) electrons. The van der Waals surface area contributed by atoms with Crippen LogP contribution in [0.15, 0.2) is 24.3 Å². The van der Waals surface area contributed by atoms with Crippen molar-refractivity contribution in [2.75, 3.05) is 13.2 Å². The van der Waals surface area contributed by atoms with E-state index in [0.717, 1.165) is 25.7 Å². The average molecular weight is 335 g/mol. The van der Waals surface area contributed by atoms with E-state index in [1.165, 1.54) is 11.0 Å². The van der Waals surface area contributed by atoms with Crippen molar-refractivity contribution in [3.8, 4) is 0 Å². The van der Waals surface area contributed by atoms with E-state index in [9.17, 15) is 19.1 Å². The Bertz CT molecular complexity index is 627. The van der Waals surface area contributed by atoms with Crippen LogP contribution in [0.4, 0.5) is 4.39 Å². The molecule has 2 amide bonds. The summed E-state index contributed by atoms with van der Waals surface area (Å²) in [6.07, 6.45) is 2.75. The van der Waals surface area contributed by atoms with E-state index in [-0.39, 0.29) is 43.8 Å². The second kappa shape index (κ2) is 6.99. The van der Waals surface area contributed by atoms with Gasteiger partial charge < -0.3 is 9.84 Å². The fourth-order valence-corrected chi connectivity index (χ4v) is 3.67. The summed E-state index contributed by atoms with van der Waals surface area (Å²) in [6.45, 7) is -0.0787. The zero-order chi connectivity index (χ0) is 17.2. The SMILES string of the molecule is O=C1CC2(CCCC2)C(=O)N1C[C@H](O)COCc1ccccc1F. The molecule has 24 heavy (non-hydrogen) atoms. The second-order valence-corrected chi connectivity index (χ2v) is 6.73. The van der Waals surface area contributed by atoms with Crippen molar-refractivity contribution in [1.29, 1.82) is 0 Å². The fourth-order valence-electron chi connectivity index (χ4n) is 3.67. The number of carbonyl (C=O) groups excluding carboxylic acids is 2. The summed E-state index contributed by atoms with van der Waals surface area (Å²) in [7, 11) is 0. The van der Waals surface area contributed by atoms with Gasteiger partial charge in [0, 0.05) is 12.0 Å². The van der Waals surface area contributed by atoms with Crippen molar-refractivity contribution in [2.45, 2.75) is 44.8 Å². The van der Waals surface area contributed by atoms with E-state index in [2.05, 4.69) is 0 Å². The Balaban J connectivity index is 1.50. The normalized spacial score (nSPS) is 21.0. The van der Waals surface area contributed by atoms with Crippen molar-refractivity contribution in [3.63, 3.8) is 0 Å². The molecule has 1 aromatic rings. The lowest BCUT2D eigenvalue weighted by Gasteiger charge is -2.22. The zero-order valence-corrected chi connectivity index (χ0v) is 13.5. The van der Waals surface area contributed by atoms with Gasteiger partial charge in [-0.05, 0) is 18.9 Å². The number of aliphatic hydroxyl groups excluding tert-OH is 1. The summed E-state index contributed by atoms with van der Waals surface area (Å²) in [4.78, 5) is 25.8. The van der Waals surface area contributed by atoms with Crippen molar-refractivity contribution < 1.29 is 23.8 Å². The van der Waals surface area contributed by atoms with Crippen LogP contribution < -0.4 is 0 Å². The van der Waals surface area contributed by atoms with Crippen LogP contribution in [0.2, 0.25) is 0 Å². The molecule has 1 saturated carbocycles. The molecule has 0 unspecified atom stereocenters. The minimum atomic E-state index is -0.971. The lowest BCUT2D eigenvalue weighted by molar-refractivity contribution is -0.143. The first-order valence-electron chi connectivity index (χ1n) is 8.36. The van der Waals surface area contributed by atoms with Gasteiger partial charge >= 0.3 is 0 Å². The molecule has 1 atom stereocenters. The van der Waals surface area contributed by atoms with Crippen LogP contribution in [0.1, 0.15) is 37.7 Å². The third kappa shape index (κ3) is 3.35. The number of nitrogens with zero attached hydrogens (tertiary/aromatic N) is 1. The van der Waals surface area contributed by atoms with Crippen molar-refractivity contribution in [1.82, 2.24) is 4.90 Å². The predicted molar refractivity (Wildman–Crippen MR) is 84.3 cm³/mol. The first-order chi connectivity index (χ1) is 11.5. The third-order valence-corrected chi connectivity index (χ3v) is 4.97. The molecule has 1 aliphatic carbocycles. The molecule has 1 heterocycles. The molecule has 1 saturated heterocycles. The number of β-amino-alcohol motifs (C(OH)–C–C–N with tert-alkyl or cyclic N) is 1. The van der Waals surface area contributed by atoms with Crippen molar-refractivity contribution in [2.24, 2.45) is 5.41 Å². The van der Waals surface area contributed by atoms with Crippen molar-refractivity contribution >= 4 is 11.8 Å². The van der Waals surface area contributed by atoms with Crippen LogP contribution in [0.25, 0.3) is 0 Å². The lowest BCUT2D eigenvalue weighted by Crippen LogP contribution is -2.41. The van der Waals surface area contributed by atoms with E-state index in [0.29, 0.717) is 5.56 Å². The molecular formula is C18H22FNO4. The number of likely N-dealkylation sites (tertiary alicyclic amines) is 1. The average Bonchev–Trinajstić information content (AvgIpc) is 3.11. The largest absolute Gasteiger partial charge is 0.389 e. The number of benzene rings is 1. The van der Waals surface area contributed by atoms with Gasteiger partial charge in [-0.3, -0.25) is 14.5 Å². The standard InChI is InChI=1S/C18H22FNO4/c19-15-6-2-1-5-13(15)11-24-12-14(21)10-20-16(22)9-18(17(20)23)7-3-4-8-18/h1-2,5-6,14,21H,3-4,7-12H2/t14-/m0/s1. The summed E-state index contributed by atoms with van der Waals surface area (Å²) < 4.78 is 18.8. The first-order valence-corrected chi connectivity index (χ1v) is 8.36. The van der Waals surface area contributed by atoms with E-state index in [4.69, 9.17) is 4.74 Å². The maximum absolute atomic E-state index is 13.5. The highest BCUT2D eigenvalue weighted by molar-refractivity contribution is 6.06. The Morgan fingerprint density at radius 1 is 1.25 bits per heavy atom. The van der Waals surface area contributed by atoms with Gasteiger partial charge in [-0.2, -0.15) is 0 Å². The third-order valence-electron chi connectivity index (χ3n) is 4.97. The Morgan fingerprint density at radius 3 is 2.67 bits per heavy atom. The predicted octanol–water partition coefficient (Wildman–Crippen LogP) is 2.02. The van der Waals surface area contributed by atoms with E-state index in [1.807, 2.05) is 0 Å². The maximum atomic E-state index is 13.5. The van der Waals surface area contributed by atoms with Crippen LogP contribution >= 0.6 is 0 Å². The summed E-state index contributed by atoms with van der Waals surface area (Å²) in [6, 6.07) is 6.26. The van der Waals surface area contributed by atoms with Crippen molar-refractivity contribution in [3.05, 3.63) is 35.6 Å². The number of carbonyl (C=O) groups is 2. The topological polar surface area (TPSA) is 66.8 Å². The fraction of sp³-hybridized carbons (Fsp3) is 0.556. The molecule has 1 spiro atoms. The van der Waals surface area contributed by atoms with Gasteiger partial charge in [-0.25, -0.2) is 4.39 Å². The van der Waals surface area contributed by atoms with Gasteiger partial charge in [0.05, 0.1) is 31.3 Å². The van der Waals surface area contributed by atoms with Gasteiger partial charge in [0.15, 0.2) is 0 Å². The first kappa shape index (κ1) is 17.0. The number of rotatable bonds is 6. The van der Waals surface area contributed by atoms with Crippen LogP contribution in [-0.4, -0.2) is 41.1 Å². The van der Waals surface area contributed by atoms with Gasteiger partial charge in [-0.1, -0.05) is 31.0 Å². The Labute approximate surface area is 140 Å². The minimum absolute atomic E-state index is 0.0373. The quantitative estimate of drug-likeness (QED) is 0.808. The number of amides is 2. The van der Waals surface area contributed by atoms with Gasteiger partial charge in [0.25, 0.3) is 0 Å². The van der Waals surface area contributed by atoms with Crippen LogP contribution in [0.5, 0.6) is 0 Å². The maximum Gasteiger partial charge on any atom is 0.235 e. The number of hydrogen-bond acceptors (Lipinski definition) is 4. The Morgan fingerprint density at radius 2 is 1.96 bits per heavy atom. The molecule has 6 heteroatoms. The number of hydrogen-bond donors (Lipinski definition) is 1. The van der Waals surface area contributed by atoms with E-state index < -0.39 is 11.5 Å². The minimum Gasteiger partial charge on any atom is -0.389 e. The highest BCUT2D eigenvalue weighted by Gasteiger charge is 2.52. The Kier molecular flexibility index (Phi) is 4.96. The summed E-state index contributed by atoms with van der Waals surface area (Å²) in [5, 5.41) is 10.1. The monoisotopic (exact) mass is 335 g/mol. The highest BCUT2D eigenvalue weighted by atomic mass is 19.1. The molecule has 3 rings (SSSR count). The van der Waals surface area contributed by atoms with Crippen LogP contribution in [0, 0.1) is 11.2 Å². The number of ether oxygens (including phenoxy) is 1. The highest BCUT2D eigenvalue weighted by Crippen LogP contribution is 2.46. The molecular weight excluding hydrogens is 313 g/mol. The summed E-state index contributed by atoms with van der Waals surface area (Å²) >= 11 is 0. The molecule has 0 bridgehead atoms. The molecule has 2 fully saturated rings. The number of halogens is 1. The van der Waals surface area contributed by atoms with E-state index in [1.54, 1.807) is 18.2 Å². The lowest BCUT2D eigenvalue weighted by atomic mass is 9.84. The summed E-state index contributed by atoms with van der Waals surface area (Å²) in [5.41, 5.74) is -0.117. The molecule has 0 aromatic heterocycles. The molecule has 130 valence electrons. The van der Waals surface area contributed by atoms with Crippen LogP contribution in [-0.2, 0) is 20.9 Å². The van der Waals surface area contributed by atoms with Gasteiger partial charge in [0.1, 0.15) is 5.82 Å². The zero-order valence-electron chi connectivity index (χ0n) is 13.5. The molecule has 1 aromatic carbocycles. The number of imide groups is 1. The van der Waals surface area contributed by atoms with Gasteiger partial charge in [0.2, 0.25) is 11.8 Å². The van der Waals surface area contributed by atoms with Gasteiger partial charge in [-0.15, -0.1) is 0 Å². The molecule has 5 nitrogen and oxygen atoms in total. The molecule has 1 aliphatic heterocycles. The molecule has 1 N–H and O–H groups in total. The smallest absolute Gasteiger partial charge is 0.235 e.